The van der Waals surface area contributed by atoms with E-state index in [0.29, 0.717) is 16.3 Å². The SMILES string of the molecule is COC(=O)c1cc(Cl)ccc1OC(=O)c1ccc(OC)c(I)c1. The van der Waals surface area contributed by atoms with Crippen molar-refractivity contribution in [2.75, 3.05) is 14.2 Å². The highest BCUT2D eigenvalue weighted by Crippen LogP contribution is 2.26. The molecule has 0 heterocycles. The van der Waals surface area contributed by atoms with Gasteiger partial charge in [-0.25, -0.2) is 9.59 Å². The Balaban J connectivity index is 2.30. The van der Waals surface area contributed by atoms with Gasteiger partial charge in [0.1, 0.15) is 17.1 Å². The molecule has 23 heavy (non-hydrogen) atoms. The molecule has 0 aliphatic carbocycles. The second-order valence-electron chi connectivity index (χ2n) is 4.37. The molecule has 2 rings (SSSR count). The van der Waals surface area contributed by atoms with Crippen molar-refractivity contribution in [3.63, 3.8) is 0 Å². The van der Waals surface area contributed by atoms with E-state index in [4.69, 9.17) is 21.1 Å². The zero-order valence-electron chi connectivity index (χ0n) is 12.3. The molecule has 0 saturated heterocycles. The summed E-state index contributed by atoms with van der Waals surface area (Å²) < 4.78 is 15.9. The molecule has 0 saturated carbocycles. The molecule has 0 unspecified atom stereocenters. The summed E-state index contributed by atoms with van der Waals surface area (Å²) in [4.78, 5) is 24.0. The lowest BCUT2D eigenvalue weighted by Gasteiger charge is -2.10. The van der Waals surface area contributed by atoms with Gasteiger partial charge >= 0.3 is 11.9 Å². The number of carbonyl (C=O) groups excluding carboxylic acids is 2. The van der Waals surface area contributed by atoms with E-state index in [9.17, 15) is 9.59 Å². The Morgan fingerprint density at radius 2 is 1.70 bits per heavy atom. The Labute approximate surface area is 151 Å². The second-order valence-corrected chi connectivity index (χ2v) is 5.97. The van der Waals surface area contributed by atoms with Gasteiger partial charge in [0.25, 0.3) is 0 Å². The summed E-state index contributed by atoms with van der Waals surface area (Å²) in [5.74, 6) is -0.501. The fourth-order valence-corrected chi connectivity index (χ4v) is 2.72. The molecule has 0 radical (unpaired) electrons. The predicted molar refractivity (Wildman–Crippen MR) is 93.5 cm³/mol. The smallest absolute Gasteiger partial charge is 0.343 e. The molecule has 0 aliphatic rings. The highest BCUT2D eigenvalue weighted by atomic mass is 127. The van der Waals surface area contributed by atoms with Crippen LogP contribution in [-0.4, -0.2) is 26.2 Å². The van der Waals surface area contributed by atoms with Crippen LogP contribution in [0.4, 0.5) is 0 Å². The summed E-state index contributed by atoms with van der Waals surface area (Å²) in [6.45, 7) is 0. The van der Waals surface area contributed by atoms with Crippen molar-refractivity contribution in [3.05, 3.63) is 56.1 Å². The van der Waals surface area contributed by atoms with E-state index in [1.165, 1.54) is 25.3 Å². The number of halogens is 2. The Morgan fingerprint density at radius 3 is 2.30 bits per heavy atom. The number of benzene rings is 2. The summed E-state index contributed by atoms with van der Waals surface area (Å²) in [6.07, 6.45) is 0. The van der Waals surface area contributed by atoms with Crippen molar-refractivity contribution in [2.24, 2.45) is 0 Å². The quantitative estimate of drug-likeness (QED) is 0.404. The van der Waals surface area contributed by atoms with Gasteiger partial charge in [0.15, 0.2) is 0 Å². The normalized spacial score (nSPS) is 10.1. The third kappa shape index (κ3) is 4.14. The van der Waals surface area contributed by atoms with Gasteiger partial charge in [-0.05, 0) is 59.0 Å². The maximum absolute atomic E-state index is 12.3. The first kappa shape index (κ1) is 17.6. The minimum atomic E-state index is -0.639. The highest BCUT2D eigenvalue weighted by molar-refractivity contribution is 14.1. The largest absolute Gasteiger partial charge is 0.496 e. The van der Waals surface area contributed by atoms with Crippen LogP contribution in [0, 0.1) is 3.57 Å². The van der Waals surface area contributed by atoms with Crippen LogP contribution in [0.5, 0.6) is 11.5 Å². The van der Waals surface area contributed by atoms with Crippen molar-refractivity contribution >= 4 is 46.1 Å². The molecule has 0 aliphatic heterocycles. The summed E-state index contributed by atoms with van der Waals surface area (Å²) >= 11 is 7.92. The van der Waals surface area contributed by atoms with E-state index in [0.717, 1.165) is 3.57 Å². The summed E-state index contributed by atoms with van der Waals surface area (Å²) in [5, 5.41) is 0.337. The number of esters is 2. The molecular formula is C16H12ClIO5. The first-order valence-electron chi connectivity index (χ1n) is 6.40. The van der Waals surface area contributed by atoms with E-state index < -0.39 is 11.9 Å². The molecule has 0 amide bonds. The minimum absolute atomic E-state index is 0.0801. The molecule has 0 spiro atoms. The lowest BCUT2D eigenvalue weighted by molar-refractivity contribution is 0.0593. The zero-order chi connectivity index (χ0) is 17.0. The molecule has 2 aromatic rings. The van der Waals surface area contributed by atoms with Crippen LogP contribution in [0.1, 0.15) is 20.7 Å². The maximum Gasteiger partial charge on any atom is 0.343 e. The van der Waals surface area contributed by atoms with Gasteiger partial charge in [-0.1, -0.05) is 11.6 Å². The average Bonchev–Trinajstić information content (AvgIpc) is 2.55. The molecule has 2 aromatic carbocycles. The Bertz CT molecular complexity index is 760. The van der Waals surface area contributed by atoms with Crippen molar-refractivity contribution in [1.82, 2.24) is 0 Å². The molecule has 0 atom stereocenters. The zero-order valence-corrected chi connectivity index (χ0v) is 15.2. The van der Waals surface area contributed by atoms with Crippen LogP contribution < -0.4 is 9.47 Å². The number of hydrogen-bond acceptors (Lipinski definition) is 5. The van der Waals surface area contributed by atoms with Crippen LogP contribution in [0.25, 0.3) is 0 Å². The van der Waals surface area contributed by atoms with Crippen molar-refractivity contribution < 1.29 is 23.8 Å². The van der Waals surface area contributed by atoms with E-state index in [1.54, 1.807) is 25.3 Å². The summed E-state index contributed by atoms with van der Waals surface area (Å²) in [6, 6.07) is 9.23. The molecule has 0 aromatic heterocycles. The average molecular weight is 447 g/mol. The van der Waals surface area contributed by atoms with E-state index in [1.807, 2.05) is 0 Å². The van der Waals surface area contributed by atoms with E-state index in [2.05, 4.69) is 27.3 Å². The standard InChI is InChI=1S/C16H12ClIO5/c1-21-14-5-3-9(7-12(14)18)15(19)23-13-6-4-10(17)8-11(13)16(20)22-2/h3-8H,1-2H3. The lowest BCUT2D eigenvalue weighted by atomic mass is 10.2. The van der Waals surface area contributed by atoms with Crippen LogP contribution in [-0.2, 0) is 4.74 Å². The maximum atomic E-state index is 12.3. The first-order chi connectivity index (χ1) is 11.0. The van der Waals surface area contributed by atoms with Crippen LogP contribution in [0.3, 0.4) is 0 Å². The predicted octanol–water partition coefficient (Wildman–Crippen LogP) is 3.96. The summed E-state index contributed by atoms with van der Waals surface area (Å²) in [7, 11) is 2.78. The first-order valence-corrected chi connectivity index (χ1v) is 7.85. The molecule has 0 bridgehead atoms. The van der Waals surface area contributed by atoms with Gasteiger partial charge in [0, 0.05) is 5.02 Å². The molecule has 5 nitrogen and oxygen atoms in total. The molecular weight excluding hydrogens is 435 g/mol. The number of ether oxygens (including phenoxy) is 3. The Hall–Kier alpha value is -1.80. The van der Waals surface area contributed by atoms with Gasteiger partial charge in [-0.3, -0.25) is 0 Å². The van der Waals surface area contributed by atoms with Crippen LogP contribution in [0.2, 0.25) is 5.02 Å². The van der Waals surface area contributed by atoms with E-state index >= 15 is 0 Å². The third-order valence-electron chi connectivity index (χ3n) is 2.94. The fraction of sp³-hybridized carbons (Fsp3) is 0.125. The van der Waals surface area contributed by atoms with Gasteiger partial charge in [0.05, 0.1) is 23.4 Å². The Morgan fingerprint density at radius 1 is 1.00 bits per heavy atom. The number of carbonyl (C=O) groups is 2. The van der Waals surface area contributed by atoms with Crippen molar-refractivity contribution in [3.8, 4) is 11.5 Å². The van der Waals surface area contributed by atoms with Crippen molar-refractivity contribution in [1.29, 1.82) is 0 Å². The summed E-state index contributed by atoms with van der Waals surface area (Å²) in [5.41, 5.74) is 0.414. The number of rotatable bonds is 4. The van der Waals surface area contributed by atoms with E-state index in [-0.39, 0.29) is 11.3 Å². The number of hydrogen-bond donors (Lipinski definition) is 0. The van der Waals surface area contributed by atoms with Crippen LogP contribution >= 0.6 is 34.2 Å². The Kier molecular flexibility index (Phi) is 5.84. The fourth-order valence-electron chi connectivity index (χ4n) is 1.81. The van der Waals surface area contributed by atoms with Gasteiger partial charge in [-0.15, -0.1) is 0 Å². The third-order valence-corrected chi connectivity index (χ3v) is 4.02. The molecule has 120 valence electrons. The molecule has 0 N–H and O–H groups in total. The van der Waals surface area contributed by atoms with Crippen molar-refractivity contribution in [2.45, 2.75) is 0 Å². The monoisotopic (exact) mass is 446 g/mol. The number of methoxy groups -OCH3 is 2. The minimum Gasteiger partial charge on any atom is -0.496 e. The highest BCUT2D eigenvalue weighted by Gasteiger charge is 2.18. The van der Waals surface area contributed by atoms with Crippen LogP contribution in [0.15, 0.2) is 36.4 Å². The molecule has 7 heteroatoms. The lowest BCUT2D eigenvalue weighted by Crippen LogP contribution is -2.12. The van der Waals surface area contributed by atoms with Gasteiger partial charge in [0.2, 0.25) is 0 Å². The van der Waals surface area contributed by atoms with Gasteiger partial charge in [-0.2, -0.15) is 0 Å². The topological polar surface area (TPSA) is 61.8 Å². The molecule has 0 fully saturated rings. The second kappa shape index (κ2) is 7.65. The van der Waals surface area contributed by atoms with Gasteiger partial charge < -0.3 is 14.2 Å².